The average Bonchev–Trinajstić information content (AvgIpc) is 3.04. The fourth-order valence-corrected chi connectivity index (χ4v) is 3.50. The lowest BCUT2D eigenvalue weighted by Crippen LogP contribution is -1.94. The molecule has 0 unspecified atom stereocenters. The van der Waals surface area contributed by atoms with Crippen molar-refractivity contribution < 1.29 is 0 Å². The van der Waals surface area contributed by atoms with Gasteiger partial charge in [0.1, 0.15) is 0 Å². The molecule has 0 radical (unpaired) electrons. The van der Waals surface area contributed by atoms with Gasteiger partial charge in [0.2, 0.25) is 0 Å². The summed E-state index contributed by atoms with van der Waals surface area (Å²) in [4.78, 5) is 4.75. The zero-order chi connectivity index (χ0) is 16.9. The summed E-state index contributed by atoms with van der Waals surface area (Å²) in [7, 11) is 0. The second kappa shape index (κ2) is 7.36. The Morgan fingerprint density at radius 1 is 0.840 bits per heavy atom. The van der Waals surface area contributed by atoms with Gasteiger partial charge in [-0.3, -0.25) is 0 Å². The van der Waals surface area contributed by atoms with Crippen molar-refractivity contribution in [2.24, 2.45) is 5.10 Å². The maximum atomic E-state index is 4.75. The Hall–Kier alpha value is -2.85. The molecule has 1 aromatic heterocycles. The summed E-state index contributed by atoms with van der Waals surface area (Å²) < 4.78 is 1.93. The average molecular weight is 343 g/mol. The summed E-state index contributed by atoms with van der Waals surface area (Å²) in [6.45, 7) is 0. The molecule has 25 heavy (non-hydrogen) atoms. The monoisotopic (exact) mass is 343 g/mol. The minimum absolute atomic E-state index is 0.866. The molecule has 0 fully saturated rings. The van der Waals surface area contributed by atoms with E-state index in [1.807, 2.05) is 65.5 Å². The number of aromatic nitrogens is 2. The molecule has 0 saturated carbocycles. The van der Waals surface area contributed by atoms with Gasteiger partial charge < -0.3 is 0 Å². The van der Waals surface area contributed by atoms with Crippen molar-refractivity contribution in [1.82, 2.24) is 9.66 Å². The molecule has 4 heteroatoms. The van der Waals surface area contributed by atoms with E-state index < -0.39 is 0 Å². The normalized spacial score (nSPS) is 11.4. The largest absolute Gasteiger partial charge is 0.221 e. The number of fused-ring (bicyclic) bond motifs is 1. The van der Waals surface area contributed by atoms with Crippen LogP contribution >= 0.6 is 11.8 Å². The molecule has 0 amide bonds. The lowest BCUT2D eigenvalue weighted by Gasteiger charge is -2.03. The molecule has 4 aromatic rings. The summed E-state index contributed by atoms with van der Waals surface area (Å²) in [5.41, 5.74) is 4.32. The van der Waals surface area contributed by atoms with Crippen LogP contribution in [0.1, 0.15) is 11.1 Å². The third-order valence-electron chi connectivity index (χ3n) is 3.84. The minimum Gasteiger partial charge on any atom is -0.221 e. The van der Waals surface area contributed by atoms with Crippen LogP contribution in [0.3, 0.4) is 0 Å². The van der Waals surface area contributed by atoms with E-state index in [0.717, 1.165) is 27.5 Å². The third kappa shape index (κ3) is 3.64. The van der Waals surface area contributed by atoms with Crippen LogP contribution in [0.2, 0.25) is 0 Å². The zero-order valence-electron chi connectivity index (χ0n) is 13.6. The first kappa shape index (κ1) is 15.7. The molecule has 0 atom stereocenters. The third-order valence-corrected chi connectivity index (χ3v) is 4.84. The molecule has 0 spiro atoms. The first-order chi connectivity index (χ1) is 12.4. The number of para-hydroxylation sites is 2. The lowest BCUT2D eigenvalue weighted by molar-refractivity contribution is 0.792. The Bertz CT molecular complexity index is 992. The summed E-state index contributed by atoms with van der Waals surface area (Å²) in [6, 6.07) is 28.6. The Labute approximate surface area is 151 Å². The van der Waals surface area contributed by atoms with Crippen molar-refractivity contribution >= 4 is 29.0 Å². The van der Waals surface area contributed by atoms with Crippen molar-refractivity contribution in [2.45, 2.75) is 10.9 Å². The van der Waals surface area contributed by atoms with E-state index in [4.69, 9.17) is 4.98 Å². The Morgan fingerprint density at radius 3 is 2.32 bits per heavy atom. The number of hydrogen-bond donors (Lipinski definition) is 0. The predicted octanol–water partition coefficient (Wildman–Crippen LogP) is 5.21. The van der Waals surface area contributed by atoms with Gasteiger partial charge in [-0.15, -0.1) is 0 Å². The van der Waals surface area contributed by atoms with E-state index >= 15 is 0 Å². The van der Waals surface area contributed by atoms with Crippen LogP contribution in [0.5, 0.6) is 0 Å². The van der Waals surface area contributed by atoms with Gasteiger partial charge in [0, 0.05) is 5.75 Å². The quantitative estimate of drug-likeness (QED) is 0.368. The van der Waals surface area contributed by atoms with Crippen LogP contribution in [0.4, 0.5) is 0 Å². The second-order valence-corrected chi connectivity index (χ2v) is 6.57. The van der Waals surface area contributed by atoms with Gasteiger partial charge in [-0.2, -0.15) is 5.10 Å². The van der Waals surface area contributed by atoms with E-state index in [0.29, 0.717) is 0 Å². The fourth-order valence-electron chi connectivity index (χ4n) is 2.58. The molecule has 0 bridgehead atoms. The Balaban J connectivity index is 1.67. The molecule has 0 aliphatic carbocycles. The van der Waals surface area contributed by atoms with Crippen LogP contribution in [0, 0.1) is 0 Å². The highest BCUT2D eigenvalue weighted by Crippen LogP contribution is 2.26. The van der Waals surface area contributed by atoms with Crippen LogP contribution in [-0.4, -0.2) is 15.9 Å². The zero-order valence-corrected chi connectivity index (χ0v) is 14.4. The van der Waals surface area contributed by atoms with Gasteiger partial charge in [0.25, 0.3) is 0 Å². The van der Waals surface area contributed by atoms with Gasteiger partial charge >= 0.3 is 0 Å². The van der Waals surface area contributed by atoms with Gasteiger partial charge in [0.05, 0.1) is 17.2 Å². The number of thioether (sulfide) groups is 1. The highest BCUT2D eigenvalue weighted by atomic mass is 32.2. The van der Waals surface area contributed by atoms with E-state index in [-0.39, 0.29) is 0 Å². The Kier molecular flexibility index (Phi) is 4.61. The smallest absolute Gasteiger partial charge is 0.190 e. The van der Waals surface area contributed by atoms with Gasteiger partial charge in [-0.05, 0) is 23.3 Å². The molecular formula is C21H17N3S. The van der Waals surface area contributed by atoms with E-state index in [1.54, 1.807) is 11.8 Å². The number of nitrogens with zero attached hydrogens (tertiary/aromatic N) is 3. The molecule has 0 N–H and O–H groups in total. The van der Waals surface area contributed by atoms with E-state index in [9.17, 15) is 0 Å². The van der Waals surface area contributed by atoms with Gasteiger partial charge in [-0.1, -0.05) is 84.6 Å². The highest BCUT2D eigenvalue weighted by Gasteiger charge is 2.10. The van der Waals surface area contributed by atoms with Crippen molar-refractivity contribution in [3.8, 4) is 0 Å². The highest BCUT2D eigenvalue weighted by molar-refractivity contribution is 7.98. The molecule has 122 valence electrons. The van der Waals surface area contributed by atoms with Crippen LogP contribution in [0.15, 0.2) is 95.2 Å². The molecule has 1 heterocycles. The van der Waals surface area contributed by atoms with Crippen molar-refractivity contribution in [1.29, 1.82) is 0 Å². The standard InChI is InChI=1S/C21H17N3S/c1-3-9-17(10-4-1)15-22-24-20-14-8-7-13-19(20)23-21(24)25-16-18-11-5-2-6-12-18/h1-15H,16H2. The first-order valence-corrected chi connectivity index (χ1v) is 9.12. The van der Waals surface area contributed by atoms with Crippen LogP contribution in [-0.2, 0) is 5.75 Å². The van der Waals surface area contributed by atoms with Crippen molar-refractivity contribution in [3.05, 3.63) is 96.1 Å². The van der Waals surface area contributed by atoms with Crippen molar-refractivity contribution in [3.63, 3.8) is 0 Å². The SMILES string of the molecule is C(=Nn1c(SCc2ccccc2)nc2ccccc21)c1ccccc1. The van der Waals surface area contributed by atoms with Crippen LogP contribution < -0.4 is 0 Å². The molecular weight excluding hydrogens is 326 g/mol. The predicted molar refractivity (Wildman–Crippen MR) is 105 cm³/mol. The molecule has 3 aromatic carbocycles. The molecule has 3 nitrogen and oxygen atoms in total. The molecule has 0 saturated heterocycles. The number of imidazole rings is 1. The summed E-state index contributed by atoms with van der Waals surface area (Å²) in [6.07, 6.45) is 1.88. The number of benzene rings is 3. The molecule has 0 aliphatic heterocycles. The van der Waals surface area contributed by atoms with Gasteiger partial charge in [-0.25, -0.2) is 9.66 Å². The lowest BCUT2D eigenvalue weighted by atomic mass is 10.2. The van der Waals surface area contributed by atoms with E-state index in [1.165, 1.54) is 5.56 Å². The molecule has 0 aliphatic rings. The fraction of sp³-hybridized carbons (Fsp3) is 0.0476. The van der Waals surface area contributed by atoms with Crippen LogP contribution in [0.25, 0.3) is 11.0 Å². The topological polar surface area (TPSA) is 30.2 Å². The summed E-state index contributed by atoms with van der Waals surface area (Å²) >= 11 is 1.70. The number of rotatable bonds is 5. The maximum Gasteiger partial charge on any atom is 0.190 e. The Morgan fingerprint density at radius 2 is 1.52 bits per heavy atom. The molecule has 4 rings (SSSR count). The minimum atomic E-state index is 0.866. The van der Waals surface area contributed by atoms with E-state index in [2.05, 4.69) is 35.4 Å². The summed E-state index contributed by atoms with van der Waals surface area (Å²) in [5, 5.41) is 5.59. The second-order valence-electron chi connectivity index (χ2n) is 5.62. The first-order valence-electron chi connectivity index (χ1n) is 8.14. The van der Waals surface area contributed by atoms with Crippen molar-refractivity contribution in [2.75, 3.05) is 0 Å². The maximum absolute atomic E-state index is 4.75. The number of hydrogen-bond acceptors (Lipinski definition) is 3. The summed E-state index contributed by atoms with van der Waals surface area (Å²) in [5.74, 6) is 0.866. The van der Waals surface area contributed by atoms with Gasteiger partial charge in [0.15, 0.2) is 5.16 Å².